The molecule has 0 aromatic heterocycles. The second-order valence-corrected chi connectivity index (χ2v) is 21.4. The number of benzene rings is 1. The van der Waals surface area contributed by atoms with Gasteiger partial charge in [-0.3, -0.25) is 0 Å². The van der Waals surface area contributed by atoms with E-state index in [2.05, 4.69) is 67.6 Å². The first-order chi connectivity index (χ1) is 10.7. The van der Waals surface area contributed by atoms with E-state index in [1.807, 2.05) is 0 Å². The van der Waals surface area contributed by atoms with Gasteiger partial charge < -0.3 is 0 Å². The third-order valence-electron chi connectivity index (χ3n) is 4.55. The Morgan fingerprint density at radius 3 is 1.82 bits per heavy atom. The van der Waals surface area contributed by atoms with Gasteiger partial charge in [-0.25, -0.2) is 0 Å². The van der Waals surface area contributed by atoms with Crippen molar-refractivity contribution in [3.63, 3.8) is 0 Å². The summed E-state index contributed by atoms with van der Waals surface area (Å²) in [6.07, 6.45) is 8.25. The van der Waals surface area contributed by atoms with Crippen LogP contribution in [0.4, 0.5) is 0 Å². The van der Waals surface area contributed by atoms with Gasteiger partial charge >= 0.3 is 157 Å². The molecule has 1 aromatic rings. The van der Waals surface area contributed by atoms with E-state index < -0.39 is 18.4 Å². The Morgan fingerprint density at radius 1 is 0.864 bits per heavy atom. The SMILES string of the molecule is CCC[CH2][Sn]([CH2]CCC)([CH2]CCC)[CH2]Oc1ccccc1I. The van der Waals surface area contributed by atoms with Crippen LogP contribution in [-0.4, -0.2) is 23.0 Å². The topological polar surface area (TPSA) is 9.23 Å². The Kier molecular flexibility index (Phi) is 11.2. The van der Waals surface area contributed by atoms with Gasteiger partial charge in [-0.2, -0.15) is 0 Å². The van der Waals surface area contributed by atoms with Crippen LogP contribution in [-0.2, 0) is 0 Å². The molecule has 0 heterocycles. The molecule has 22 heavy (non-hydrogen) atoms. The number of hydrogen-bond acceptors (Lipinski definition) is 1. The van der Waals surface area contributed by atoms with Gasteiger partial charge in [0.2, 0.25) is 0 Å². The van der Waals surface area contributed by atoms with Crippen LogP contribution < -0.4 is 4.74 Å². The van der Waals surface area contributed by atoms with E-state index in [1.54, 1.807) is 0 Å². The summed E-state index contributed by atoms with van der Waals surface area (Å²) in [6, 6.07) is 8.48. The predicted octanol–water partition coefficient (Wildman–Crippen LogP) is 7.06. The molecular weight excluding hydrogens is 490 g/mol. The fourth-order valence-corrected chi connectivity index (χ4v) is 17.7. The van der Waals surface area contributed by atoms with Crippen LogP contribution in [0.3, 0.4) is 0 Å². The second-order valence-electron chi connectivity index (χ2n) is 6.53. The monoisotopic (exact) mass is 524 g/mol. The Balaban J connectivity index is 2.78. The van der Waals surface area contributed by atoms with E-state index in [-0.39, 0.29) is 0 Å². The van der Waals surface area contributed by atoms with Crippen molar-refractivity contribution in [1.29, 1.82) is 0 Å². The van der Waals surface area contributed by atoms with Crippen molar-refractivity contribution in [2.75, 3.05) is 4.62 Å². The zero-order valence-corrected chi connectivity index (χ0v) is 19.7. The Hall–Kier alpha value is 0.549. The van der Waals surface area contributed by atoms with E-state index in [9.17, 15) is 0 Å². The minimum absolute atomic E-state index is 1.09. The van der Waals surface area contributed by atoms with Crippen LogP contribution in [0.2, 0.25) is 13.3 Å². The molecular formula is C19H33IOSn. The van der Waals surface area contributed by atoms with Crippen molar-refractivity contribution >= 4 is 41.0 Å². The summed E-state index contributed by atoms with van der Waals surface area (Å²) in [6.45, 7) is 6.99. The molecule has 0 aliphatic carbocycles. The number of unbranched alkanes of at least 4 members (excludes halogenated alkanes) is 3. The molecule has 3 heteroatoms. The third-order valence-corrected chi connectivity index (χ3v) is 19.7. The van der Waals surface area contributed by atoms with Crippen LogP contribution in [0.15, 0.2) is 24.3 Å². The van der Waals surface area contributed by atoms with Crippen molar-refractivity contribution in [2.45, 2.75) is 72.6 Å². The van der Waals surface area contributed by atoms with Gasteiger partial charge in [0.1, 0.15) is 0 Å². The Morgan fingerprint density at radius 2 is 1.36 bits per heavy atom. The van der Waals surface area contributed by atoms with E-state index >= 15 is 0 Å². The fraction of sp³-hybridized carbons (Fsp3) is 0.684. The molecule has 0 aliphatic rings. The van der Waals surface area contributed by atoms with Crippen molar-refractivity contribution in [3.8, 4) is 5.75 Å². The predicted molar refractivity (Wildman–Crippen MR) is 110 cm³/mol. The van der Waals surface area contributed by atoms with Crippen LogP contribution in [0.1, 0.15) is 59.3 Å². The number of ether oxygens (including phenoxy) is 1. The van der Waals surface area contributed by atoms with Crippen molar-refractivity contribution in [1.82, 2.24) is 0 Å². The molecule has 1 nitrogen and oxygen atoms in total. The third kappa shape index (κ3) is 7.41. The average Bonchev–Trinajstić information content (AvgIpc) is 2.55. The van der Waals surface area contributed by atoms with Gasteiger partial charge in [0, 0.05) is 0 Å². The number of para-hydroxylation sites is 1. The van der Waals surface area contributed by atoms with Crippen LogP contribution >= 0.6 is 22.6 Å². The summed E-state index contributed by atoms with van der Waals surface area (Å²) in [5.74, 6) is 1.11. The van der Waals surface area contributed by atoms with Crippen LogP contribution in [0.25, 0.3) is 0 Å². The first kappa shape index (κ1) is 20.6. The number of hydrogen-bond donors (Lipinski definition) is 0. The minimum atomic E-state index is -2.14. The van der Waals surface area contributed by atoms with Gasteiger partial charge in [-0.1, -0.05) is 0 Å². The molecule has 0 saturated heterocycles. The van der Waals surface area contributed by atoms with E-state index in [0.717, 1.165) is 10.4 Å². The molecule has 0 radical (unpaired) electrons. The van der Waals surface area contributed by atoms with Crippen LogP contribution in [0, 0.1) is 3.57 Å². The maximum absolute atomic E-state index is 6.38. The molecule has 0 N–H and O–H groups in total. The quantitative estimate of drug-likeness (QED) is 0.211. The van der Waals surface area contributed by atoms with Gasteiger partial charge in [-0.05, 0) is 0 Å². The van der Waals surface area contributed by atoms with E-state index in [4.69, 9.17) is 4.74 Å². The molecule has 0 saturated carbocycles. The standard InChI is InChI=1S/C7H6IO.3C4H9.Sn/c1-9-7-5-3-2-4-6(7)8;3*1-3-4-2;/h2-5H,1H2;3*1,3-4H2,2H3;. The molecule has 1 aromatic carbocycles. The zero-order chi connectivity index (χ0) is 16.3. The molecule has 0 spiro atoms. The van der Waals surface area contributed by atoms with Gasteiger partial charge in [0.05, 0.1) is 0 Å². The summed E-state index contributed by atoms with van der Waals surface area (Å²) in [7, 11) is 0. The van der Waals surface area contributed by atoms with Crippen LogP contribution in [0.5, 0.6) is 5.75 Å². The van der Waals surface area contributed by atoms with Gasteiger partial charge in [0.15, 0.2) is 0 Å². The van der Waals surface area contributed by atoms with Gasteiger partial charge in [-0.15, -0.1) is 0 Å². The maximum atomic E-state index is 6.38. The summed E-state index contributed by atoms with van der Waals surface area (Å²) >= 11 is 0.254. The summed E-state index contributed by atoms with van der Waals surface area (Å²) in [5, 5.41) is 0. The second kappa shape index (κ2) is 12.0. The molecule has 1 rings (SSSR count). The molecule has 0 unspecified atom stereocenters. The summed E-state index contributed by atoms with van der Waals surface area (Å²) < 4.78 is 13.3. The summed E-state index contributed by atoms with van der Waals surface area (Å²) in [5.41, 5.74) is 0. The molecule has 0 fully saturated rings. The average molecular weight is 523 g/mol. The Bertz CT molecular complexity index is 386. The Labute approximate surface area is 155 Å². The van der Waals surface area contributed by atoms with Gasteiger partial charge in [0.25, 0.3) is 0 Å². The fourth-order valence-electron chi connectivity index (χ4n) is 3.04. The first-order valence-corrected chi connectivity index (χ1v) is 18.2. The number of halogens is 1. The van der Waals surface area contributed by atoms with Crippen molar-refractivity contribution in [2.24, 2.45) is 0 Å². The number of rotatable bonds is 12. The first-order valence-electron chi connectivity index (χ1n) is 9.04. The van der Waals surface area contributed by atoms with Crippen molar-refractivity contribution < 1.29 is 4.74 Å². The molecule has 0 atom stereocenters. The van der Waals surface area contributed by atoms with E-state index in [0.29, 0.717) is 0 Å². The zero-order valence-electron chi connectivity index (χ0n) is 14.7. The molecule has 0 amide bonds. The molecule has 126 valence electrons. The molecule has 0 bridgehead atoms. The molecule has 0 aliphatic heterocycles. The van der Waals surface area contributed by atoms with Crippen molar-refractivity contribution in [3.05, 3.63) is 27.8 Å². The normalized spacial score (nSPS) is 11.6. The van der Waals surface area contributed by atoms with E-state index in [1.165, 1.54) is 55.4 Å². The summed E-state index contributed by atoms with van der Waals surface area (Å²) in [4.78, 5) is 0.